The zero-order chi connectivity index (χ0) is 18.6. The molecule has 2 heterocycles. The van der Waals surface area contributed by atoms with E-state index in [2.05, 4.69) is 53.1 Å². The fraction of sp³-hybridized carbons (Fsp3) is 0.467. The van der Waals surface area contributed by atoms with Crippen LogP contribution >= 0.6 is 47.8 Å². The minimum Gasteiger partial charge on any atom is -0.350 e. The third kappa shape index (κ3) is 3.19. The Kier molecular flexibility index (Phi) is 4.88. The van der Waals surface area contributed by atoms with Crippen LogP contribution in [-0.4, -0.2) is 49.9 Å². The summed E-state index contributed by atoms with van der Waals surface area (Å²) in [7, 11) is -3.62. The molecule has 2 fully saturated rings. The third-order valence-corrected chi connectivity index (χ3v) is 9.81. The van der Waals surface area contributed by atoms with Gasteiger partial charge in [0, 0.05) is 6.54 Å². The number of alkyl halides is 3. The second-order valence-electron chi connectivity index (χ2n) is 6.38. The highest BCUT2D eigenvalue weighted by atomic mass is 79.9. The van der Waals surface area contributed by atoms with Gasteiger partial charge in [0.1, 0.15) is 6.04 Å². The Morgan fingerprint density at radius 3 is 2.48 bits per heavy atom. The van der Waals surface area contributed by atoms with Crippen LogP contribution in [0.1, 0.15) is 12.5 Å². The van der Waals surface area contributed by atoms with E-state index in [0.717, 1.165) is 10.5 Å². The molecule has 136 valence electrons. The lowest BCUT2D eigenvalue weighted by atomic mass is 9.96. The number of carbonyl (C=O) groups is 2. The Bertz CT molecular complexity index is 826. The molecule has 3 rings (SSSR count). The summed E-state index contributed by atoms with van der Waals surface area (Å²) in [5, 5.41) is 1.68. The standard InChI is InChI=1S/C15H15Br3N2O4S/c1-14(16)8-25(23,24)13-15(17,18)12(22)20(13)10(14)11(21)19-7-9-5-3-2-4-6-9/h2-6,10,13H,7-8H2,1H3,(H,19,21)/t10-,13?,14+/m0/s1. The molecule has 2 amide bonds. The SMILES string of the molecule is C[C@@]1(Br)CS(=O)(=O)C2N(C(=O)C2(Br)Br)[C@H]1C(=O)NCc1ccccc1. The largest absolute Gasteiger partial charge is 0.350 e. The molecule has 2 aliphatic rings. The van der Waals surface area contributed by atoms with Crippen LogP contribution in [-0.2, 0) is 26.0 Å². The number of amides is 2. The summed E-state index contributed by atoms with van der Waals surface area (Å²) in [5.74, 6) is -1.13. The van der Waals surface area contributed by atoms with Crippen molar-refractivity contribution in [2.24, 2.45) is 0 Å². The van der Waals surface area contributed by atoms with E-state index in [4.69, 9.17) is 0 Å². The van der Waals surface area contributed by atoms with Crippen LogP contribution in [0, 0.1) is 0 Å². The monoisotopic (exact) mass is 556 g/mol. The Balaban J connectivity index is 1.86. The number of carbonyl (C=O) groups excluding carboxylic acids is 2. The van der Waals surface area contributed by atoms with E-state index >= 15 is 0 Å². The van der Waals surface area contributed by atoms with Crippen molar-refractivity contribution < 1.29 is 18.0 Å². The van der Waals surface area contributed by atoms with Gasteiger partial charge in [-0.25, -0.2) is 8.42 Å². The lowest BCUT2D eigenvalue weighted by Gasteiger charge is -2.58. The summed E-state index contributed by atoms with van der Waals surface area (Å²) in [6, 6.07) is 8.42. The lowest BCUT2D eigenvalue weighted by molar-refractivity contribution is -0.152. The molecular weight excluding hydrogens is 544 g/mol. The van der Waals surface area contributed by atoms with Crippen molar-refractivity contribution in [2.75, 3.05) is 5.75 Å². The molecule has 6 nitrogen and oxygen atoms in total. The van der Waals surface area contributed by atoms with E-state index in [1.165, 1.54) is 0 Å². The van der Waals surface area contributed by atoms with Crippen molar-refractivity contribution in [2.45, 2.75) is 32.4 Å². The minimum absolute atomic E-state index is 0.253. The zero-order valence-electron chi connectivity index (χ0n) is 13.1. The maximum atomic E-state index is 12.8. The van der Waals surface area contributed by atoms with Gasteiger partial charge in [0.2, 0.25) is 5.91 Å². The molecule has 25 heavy (non-hydrogen) atoms. The van der Waals surface area contributed by atoms with Crippen LogP contribution in [0.3, 0.4) is 0 Å². The summed E-state index contributed by atoms with van der Waals surface area (Å²) >= 11 is 9.64. The van der Waals surface area contributed by atoms with E-state index in [-0.39, 0.29) is 5.75 Å². The molecule has 0 radical (unpaired) electrons. The van der Waals surface area contributed by atoms with Crippen molar-refractivity contribution in [3.8, 4) is 0 Å². The Morgan fingerprint density at radius 1 is 1.28 bits per heavy atom. The molecule has 10 heteroatoms. The molecule has 1 aromatic carbocycles. The van der Waals surface area contributed by atoms with Crippen LogP contribution in [0.25, 0.3) is 0 Å². The van der Waals surface area contributed by atoms with Crippen molar-refractivity contribution in [1.82, 2.24) is 10.2 Å². The number of benzene rings is 1. The first-order valence-corrected chi connectivity index (χ1v) is 11.5. The van der Waals surface area contributed by atoms with Crippen molar-refractivity contribution >= 4 is 69.4 Å². The van der Waals surface area contributed by atoms with Crippen LogP contribution in [0.5, 0.6) is 0 Å². The second kappa shape index (κ2) is 6.31. The number of fused-ring (bicyclic) bond motifs is 1. The van der Waals surface area contributed by atoms with E-state index in [0.29, 0.717) is 6.54 Å². The van der Waals surface area contributed by atoms with Gasteiger partial charge in [-0.3, -0.25) is 9.59 Å². The number of hydrogen-bond donors (Lipinski definition) is 1. The first-order valence-electron chi connectivity index (χ1n) is 7.41. The van der Waals surface area contributed by atoms with Gasteiger partial charge in [-0.2, -0.15) is 0 Å². The molecule has 0 aromatic heterocycles. The molecule has 0 bridgehead atoms. The molecule has 2 aliphatic heterocycles. The van der Waals surface area contributed by atoms with Crippen LogP contribution in [0.4, 0.5) is 0 Å². The summed E-state index contributed by atoms with van der Waals surface area (Å²) in [6.45, 7) is 1.91. The average Bonchev–Trinajstić information content (AvgIpc) is 2.50. The number of nitrogens with zero attached hydrogens (tertiary/aromatic N) is 1. The number of sulfone groups is 1. The number of nitrogens with one attached hydrogen (secondary N) is 1. The topological polar surface area (TPSA) is 83.6 Å². The molecule has 0 saturated carbocycles. The number of β-lactam (4-membered cyclic amide) rings is 1. The van der Waals surface area contributed by atoms with Gasteiger partial charge in [0.25, 0.3) is 5.91 Å². The highest BCUT2D eigenvalue weighted by Crippen LogP contribution is 2.53. The van der Waals surface area contributed by atoms with Gasteiger partial charge < -0.3 is 10.2 Å². The summed E-state index contributed by atoms with van der Waals surface area (Å²) in [4.78, 5) is 26.4. The van der Waals surface area contributed by atoms with Crippen LogP contribution in [0.2, 0.25) is 0 Å². The fourth-order valence-corrected chi connectivity index (χ4v) is 9.43. The molecule has 0 aliphatic carbocycles. The molecule has 3 atom stereocenters. The van der Waals surface area contributed by atoms with Crippen LogP contribution < -0.4 is 5.32 Å². The fourth-order valence-electron chi connectivity index (χ4n) is 3.27. The third-order valence-electron chi connectivity index (χ3n) is 4.31. The molecule has 2 saturated heterocycles. The smallest absolute Gasteiger partial charge is 0.255 e. The number of rotatable bonds is 3. The Morgan fingerprint density at radius 2 is 1.88 bits per heavy atom. The highest BCUT2D eigenvalue weighted by molar-refractivity contribution is 9.26. The van der Waals surface area contributed by atoms with E-state index < -0.39 is 40.6 Å². The highest BCUT2D eigenvalue weighted by Gasteiger charge is 2.72. The number of hydrogen-bond acceptors (Lipinski definition) is 4. The maximum Gasteiger partial charge on any atom is 0.255 e. The molecule has 1 N–H and O–H groups in total. The van der Waals surface area contributed by atoms with Crippen molar-refractivity contribution in [3.63, 3.8) is 0 Å². The van der Waals surface area contributed by atoms with Gasteiger partial charge in [0.05, 0.1) is 10.1 Å². The molecular formula is C15H15Br3N2O4S. The quantitative estimate of drug-likeness (QED) is 0.454. The summed E-state index contributed by atoms with van der Waals surface area (Å²) in [5.41, 5.74) is 0.914. The number of halogens is 3. The van der Waals surface area contributed by atoms with E-state index in [9.17, 15) is 18.0 Å². The van der Waals surface area contributed by atoms with Gasteiger partial charge in [-0.15, -0.1) is 0 Å². The predicted molar refractivity (Wildman–Crippen MR) is 104 cm³/mol. The van der Waals surface area contributed by atoms with Gasteiger partial charge >= 0.3 is 0 Å². The van der Waals surface area contributed by atoms with E-state index in [1.807, 2.05) is 30.3 Å². The Hall–Kier alpha value is -0.450. The van der Waals surface area contributed by atoms with Crippen molar-refractivity contribution in [3.05, 3.63) is 35.9 Å². The van der Waals surface area contributed by atoms with Gasteiger partial charge in [0.15, 0.2) is 18.4 Å². The van der Waals surface area contributed by atoms with Crippen LogP contribution in [0.15, 0.2) is 30.3 Å². The molecule has 1 aromatic rings. The summed E-state index contributed by atoms with van der Waals surface area (Å²) < 4.78 is 22.7. The van der Waals surface area contributed by atoms with Crippen molar-refractivity contribution in [1.29, 1.82) is 0 Å². The average molecular weight is 559 g/mol. The lowest BCUT2D eigenvalue weighted by Crippen LogP contribution is -2.81. The molecule has 0 spiro atoms. The minimum atomic E-state index is -3.62. The predicted octanol–water partition coefficient (Wildman–Crippen LogP) is 1.91. The first kappa shape index (κ1) is 19.3. The van der Waals surface area contributed by atoms with E-state index in [1.54, 1.807) is 6.92 Å². The zero-order valence-corrected chi connectivity index (χ0v) is 18.7. The van der Waals surface area contributed by atoms with Gasteiger partial charge in [-0.1, -0.05) is 78.1 Å². The Labute approximate surface area is 171 Å². The summed E-state index contributed by atoms with van der Waals surface area (Å²) in [6.07, 6.45) is 0. The molecule has 1 unspecified atom stereocenters. The first-order chi connectivity index (χ1) is 11.5. The van der Waals surface area contributed by atoms with Gasteiger partial charge in [-0.05, 0) is 12.5 Å². The maximum absolute atomic E-state index is 12.8. The second-order valence-corrected chi connectivity index (χ2v) is 13.8. The normalized spacial score (nSPS) is 32.5.